The Balaban J connectivity index is 0.000000980. The van der Waals surface area contributed by atoms with Gasteiger partial charge in [0.25, 0.3) is 0 Å². The number of hydrogen-bond acceptors (Lipinski definition) is 1. The Kier molecular flexibility index (Phi) is 4.08. The summed E-state index contributed by atoms with van der Waals surface area (Å²) in [5, 5.41) is 3.30. The largest absolute Gasteiger partial charge is 0.356 e. The van der Waals surface area contributed by atoms with E-state index in [9.17, 15) is 0 Å². The van der Waals surface area contributed by atoms with Crippen LogP contribution in [-0.4, -0.2) is 0 Å². The molecular formula is C12H11NS. The first-order valence-electron chi connectivity index (χ1n) is 4.32. The van der Waals surface area contributed by atoms with Crippen LogP contribution in [0, 0.1) is 0 Å². The topological polar surface area (TPSA) is 12.0 Å². The van der Waals surface area contributed by atoms with Gasteiger partial charge in [0.1, 0.15) is 0 Å². The first kappa shape index (κ1) is 10.7. The summed E-state index contributed by atoms with van der Waals surface area (Å²) in [4.78, 5) is 0. The highest BCUT2D eigenvalue weighted by molar-refractivity contribution is 7.59. The highest BCUT2D eigenvalue weighted by Gasteiger charge is 1.89. The number of hydrogen-bond donors (Lipinski definition) is 1. The minimum atomic E-state index is 0. The average molecular weight is 201 g/mol. The molecule has 2 rings (SSSR count). The lowest BCUT2D eigenvalue weighted by atomic mass is 10.3. The van der Waals surface area contributed by atoms with Crippen LogP contribution in [0.4, 0.5) is 11.4 Å². The maximum Gasteiger partial charge on any atom is 0.0384 e. The molecule has 1 nitrogen and oxygen atoms in total. The molecule has 0 saturated carbocycles. The van der Waals surface area contributed by atoms with Crippen LogP contribution in [0.1, 0.15) is 0 Å². The summed E-state index contributed by atoms with van der Waals surface area (Å²) in [7, 11) is 0. The van der Waals surface area contributed by atoms with E-state index in [-0.39, 0.29) is 13.5 Å². The quantitative estimate of drug-likeness (QED) is 0.772. The van der Waals surface area contributed by atoms with Crippen LogP contribution in [0.2, 0.25) is 0 Å². The molecular weight excluding hydrogens is 190 g/mol. The second kappa shape index (κ2) is 5.35. The van der Waals surface area contributed by atoms with E-state index in [4.69, 9.17) is 0 Å². The van der Waals surface area contributed by atoms with E-state index in [2.05, 4.69) is 5.32 Å². The van der Waals surface area contributed by atoms with Crippen molar-refractivity contribution in [2.45, 2.75) is 0 Å². The van der Waals surface area contributed by atoms with Crippen molar-refractivity contribution in [1.29, 1.82) is 0 Å². The van der Waals surface area contributed by atoms with Gasteiger partial charge in [0.2, 0.25) is 0 Å². The zero-order valence-electron chi connectivity index (χ0n) is 7.68. The third-order valence-electron chi connectivity index (χ3n) is 1.84. The highest BCUT2D eigenvalue weighted by atomic mass is 32.1. The summed E-state index contributed by atoms with van der Waals surface area (Å²) in [5.41, 5.74) is 2.24. The van der Waals surface area contributed by atoms with E-state index in [1.807, 2.05) is 60.7 Å². The number of anilines is 2. The molecule has 0 aromatic heterocycles. The van der Waals surface area contributed by atoms with Crippen molar-refractivity contribution in [3.63, 3.8) is 0 Å². The summed E-state index contributed by atoms with van der Waals surface area (Å²) in [6.45, 7) is 0. The summed E-state index contributed by atoms with van der Waals surface area (Å²) < 4.78 is 0. The summed E-state index contributed by atoms with van der Waals surface area (Å²) >= 11 is 0. The molecule has 0 heterocycles. The molecule has 2 heteroatoms. The fourth-order valence-electron chi connectivity index (χ4n) is 1.21. The van der Waals surface area contributed by atoms with Crippen LogP contribution in [0.25, 0.3) is 0 Å². The first-order chi connectivity index (χ1) is 6.45. The Morgan fingerprint density at radius 3 is 1.29 bits per heavy atom. The first-order valence-corrected chi connectivity index (χ1v) is 4.32. The summed E-state index contributed by atoms with van der Waals surface area (Å²) in [6.07, 6.45) is 0. The second-order valence-electron chi connectivity index (χ2n) is 2.86. The Morgan fingerprint density at radius 2 is 0.929 bits per heavy atom. The van der Waals surface area contributed by atoms with Crippen molar-refractivity contribution in [3.8, 4) is 0 Å². The number of benzene rings is 2. The maximum absolute atomic E-state index is 3.30. The Bertz CT molecular complexity index is 321. The molecule has 0 spiro atoms. The molecule has 0 saturated heterocycles. The fourth-order valence-corrected chi connectivity index (χ4v) is 1.21. The van der Waals surface area contributed by atoms with Crippen LogP contribution in [0.3, 0.4) is 0 Å². The highest BCUT2D eigenvalue weighted by Crippen LogP contribution is 2.14. The molecule has 0 aliphatic rings. The van der Waals surface area contributed by atoms with Crippen molar-refractivity contribution in [2.24, 2.45) is 0 Å². The van der Waals surface area contributed by atoms with Crippen molar-refractivity contribution in [1.82, 2.24) is 0 Å². The normalized spacial score (nSPS) is 8.86. The van der Waals surface area contributed by atoms with Crippen LogP contribution in [-0.2, 0) is 0 Å². The van der Waals surface area contributed by atoms with Crippen LogP contribution >= 0.6 is 13.5 Å². The van der Waals surface area contributed by atoms with E-state index < -0.39 is 0 Å². The zero-order valence-corrected chi connectivity index (χ0v) is 8.50. The van der Waals surface area contributed by atoms with Gasteiger partial charge in [-0.1, -0.05) is 36.4 Å². The molecule has 0 unspecified atom stereocenters. The molecule has 14 heavy (non-hydrogen) atoms. The summed E-state index contributed by atoms with van der Waals surface area (Å²) in [6, 6.07) is 20.3. The molecule has 70 valence electrons. The molecule has 0 bridgehead atoms. The minimum absolute atomic E-state index is 0. The number of para-hydroxylation sites is 2. The van der Waals surface area contributed by atoms with Crippen LogP contribution < -0.4 is 5.32 Å². The fraction of sp³-hybridized carbons (Fsp3) is 0. The lowest BCUT2D eigenvalue weighted by molar-refractivity contribution is 1.55. The van der Waals surface area contributed by atoms with Gasteiger partial charge in [-0.2, -0.15) is 0 Å². The zero-order chi connectivity index (χ0) is 8.93. The lowest BCUT2D eigenvalue weighted by Gasteiger charge is -2.04. The van der Waals surface area contributed by atoms with Crippen molar-refractivity contribution >= 4 is 24.9 Å². The van der Waals surface area contributed by atoms with Crippen LogP contribution in [0.5, 0.6) is 0 Å². The molecule has 0 aliphatic carbocycles. The van der Waals surface area contributed by atoms with Gasteiger partial charge in [0.15, 0.2) is 0 Å². The number of rotatable bonds is 2. The van der Waals surface area contributed by atoms with Gasteiger partial charge >= 0.3 is 0 Å². The van der Waals surface area contributed by atoms with E-state index in [1.165, 1.54) is 0 Å². The summed E-state index contributed by atoms with van der Waals surface area (Å²) in [5.74, 6) is 0. The van der Waals surface area contributed by atoms with Gasteiger partial charge in [-0.15, -0.1) is 0 Å². The Hall–Kier alpha value is -1.41. The standard InChI is InChI=1S/C12H11N.S/c1-3-7-11(8-4-1)13-12-9-5-2-6-10-12;/h1-10,13H;. The van der Waals surface area contributed by atoms with Crippen molar-refractivity contribution in [2.75, 3.05) is 5.32 Å². The predicted octanol–water partition coefficient (Wildman–Crippen LogP) is 4.08. The van der Waals surface area contributed by atoms with Gasteiger partial charge in [-0.3, -0.25) is 0 Å². The second-order valence-corrected chi connectivity index (χ2v) is 2.86. The van der Waals surface area contributed by atoms with Gasteiger partial charge in [-0.05, 0) is 24.3 Å². The van der Waals surface area contributed by atoms with E-state index in [0.717, 1.165) is 11.4 Å². The van der Waals surface area contributed by atoms with Gasteiger partial charge < -0.3 is 5.32 Å². The third kappa shape index (κ3) is 2.82. The van der Waals surface area contributed by atoms with E-state index in [1.54, 1.807) is 0 Å². The molecule has 2 radical (unpaired) electrons. The van der Waals surface area contributed by atoms with Gasteiger partial charge in [-0.25, -0.2) is 0 Å². The number of nitrogens with one attached hydrogen (secondary N) is 1. The minimum Gasteiger partial charge on any atom is -0.356 e. The van der Waals surface area contributed by atoms with Gasteiger partial charge in [0, 0.05) is 24.9 Å². The van der Waals surface area contributed by atoms with E-state index in [0.29, 0.717) is 0 Å². The predicted molar refractivity (Wildman–Crippen MR) is 63.8 cm³/mol. The molecule has 1 N–H and O–H groups in total. The van der Waals surface area contributed by atoms with Gasteiger partial charge in [0.05, 0.1) is 0 Å². The van der Waals surface area contributed by atoms with Crippen molar-refractivity contribution < 1.29 is 0 Å². The Morgan fingerprint density at radius 1 is 0.571 bits per heavy atom. The third-order valence-corrected chi connectivity index (χ3v) is 1.84. The molecule has 0 fully saturated rings. The molecule has 0 amide bonds. The molecule has 2 aromatic carbocycles. The molecule has 0 aliphatic heterocycles. The average Bonchev–Trinajstić information content (AvgIpc) is 2.21. The monoisotopic (exact) mass is 201 g/mol. The SMILES string of the molecule is [S].c1ccc(Nc2ccccc2)cc1. The smallest absolute Gasteiger partial charge is 0.0384 e. The lowest BCUT2D eigenvalue weighted by Crippen LogP contribution is -1.87. The van der Waals surface area contributed by atoms with Crippen LogP contribution in [0.15, 0.2) is 60.7 Å². The van der Waals surface area contributed by atoms with Crippen molar-refractivity contribution in [3.05, 3.63) is 60.7 Å². The Labute approximate surface area is 91.2 Å². The van der Waals surface area contributed by atoms with E-state index >= 15 is 0 Å². The molecule has 2 aromatic rings. The molecule has 0 atom stereocenters. The maximum atomic E-state index is 3.30.